The van der Waals surface area contributed by atoms with Crippen LogP contribution in [0.25, 0.3) is 11.0 Å². The number of hydrogen-bond donors (Lipinski definition) is 3. The number of imidazole rings is 1. The van der Waals surface area contributed by atoms with Gasteiger partial charge in [0.1, 0.15) is 0 Å². The molecule has 4 heteroatoms. The Balaban J connectivity index is 1.84. The van der Waals surface area contributed by atoms with E-state index in [-0.39, 0.29) is 5.54 Å². The van der Waals surface area contributed by atoms with E-state index >= 15 is 0 Å². The summed E-state index contributed by atoms with van der Waals surface area (Å²) in [6.07, 6.45) is 1.73. The molecule has 19 heavy (non-hydrogen) atoms. The quantitative estimate of drug-likeness (QED) is 0.774. The highest BCUT2D eigenvalue weighted by Gasteiger charge is 2.10. The van der Waals surface area contributed by atoms with Gasteiger partial charge in [-0.15, -0.1) is 0 Å². The predicted octanol–water partition coefficient (Wildman–Crippen LogP) is 2.43. The number of benzene rings is 1. The second kappa shape index (κ2) is 5.72. The maximum atomic E-state index is 4.23. The third-order valence-electron chi connectivity index (χ3n) is 3.08. The summed E-state index contributed by atoms with van der Waals surface area (Å²) in [5.41, 5.74) is 3.57. The molecule has 0 spiro atoms. The Morgan fingerprint density at radius 2 is 2.11 bits per heavy atom. The van der Waals surface area contributed by atoms with Gasteiger partial charge in [0.05, 0.1) is 17.4 Å². The van der Waals surface area contributed by atoms with Crippen LogP contribution in [-0.4, -0.2) is 28.1 Å². The number of aromatic amines is 1. The molecule has 0 aliphatic heterocycles. The molecule has 1 aromatic carbocycles. The second-order valence-corrected chi connectivity index (χ2v) is 6.17. The van der Waals surface area contributed by atoms with Crippen molar-refractivity contribution in [2.75, 3.05) is 6.54 Å². The topological polar surface area (TPSA) is 52.7 Å². The van der Waals surface area contributed by atoms with Crippen LogP contribution in [-0.2, 0) is 6.54 Å². The highest BCUT2D eigenvalue weighted by Crippen LogP contribution is 2.11. The minimum absolute atomic E-state index is 0.171. The van der Waals surface area contributed by atoms with Gasteiger partial charge in [-0.2, -0.15) is 0 Å². The fourth-order valence-electron chi connectivity index (χ4n) is 1.92. The zero-order valence-electron chi connectivity index (χ0n) is 12.2. The lowest BCUT2D eigenvalue weighted by Gasteiger charge is -2.24. The van der Waals surface area contributed by atoms with Crippen molar-refractivity contribution in [2.45, 2.75) is 45.8 Å². The summed E-state index contributed by atoms with van der Waals surface area (Å²) >= 11 is 0. The molecule has 1 atom stereocenters. The third-order valence-corrected chi connectivity index (χ3v) is 3.08. The van der Waals surface area contributed by atoms with Gasteiger partial charge in [-0.05, 0) is 45.4 Å². The molecule has 1 aromatic heterocycles. The summed E-state index contributed by atoms with van der Waals surface area (Å²) in [5.74, 6) is 0. The van der Waals surface area contributed by atoms with Gasteiger partial charge in [0.2, 0.25) is 0 Å². The lowest BCUT2D eigenvalue weighted by Crippen LogP contribution is -2.44. The molecule has 0 aliphatic rings. The lowest BCUT2D eigenvalue weighted by atomic mass is 10.1. The van der Waals surface area contributed by atoms with Crippen molar-refractivity contribution in [3.8, 4) is 0 Å². The smallest absolute Gasteiger partial charge is 0.0931 e. The molecule has 3 N–H and O–H groups in total. The van der Waals surface area contributed by atoms with E-state index in [1.54, 1.807) is 6.33 Å². The molecular formula is C15H24N4. The maximum absolute atomic E-state index is 4.23. The molecule has 1 heterocycles. The van der Waals surface area contributed by atoms with Gasteiger partial charge in [0.15, 0.2) is 0 Å². The van der Waals surface area contributed by atoms with E-state index < -0.39 is 0 Å². The first-order chi connectivity index (χ1) is 8.94. The van der Waals surface area contributed by atoms with Gasteiger partial charge >= 0.3 is 0 Å². The average Bonchev–Trinajstić information content (AvgIpc) is 2.80. The van der Waals surface area contributed by atoms with E-state index in [9.17, 15) is 0 Å². The number of H-pyrrole nitrogens is 1. The summed E-state index contributed by atoms with van der Waals surface area (Å²) in [6, 6.07) is 6.77. The molecule has 0 bridgehead atoms. The molecule has 2 aromatic rings. The first-order valence-electron chi connectivity index (χ1n) is 6.84. The third kappa shape index (κ3) is 4.33. The molecule has 0 saturated carbocycles. The Hall–Kier alpha value is -1.39. The minimum atomic E-state index is 0.171. The molecule has 0 saturated heterocycles. The van der Waals surface area contributed by atoms with Crippen LogP contribution < -0.4 is 10.6 Å². The fraction of sp³-hybridized carbons (Fsp3) is 0.533. The van der Waals surface area contributed by atoms with Gasteiger partial charge in [-0.3, -0.25) is 0 Å². The summed E-state index contributed by atoms with van der Waals surface area (Å²) in [4.78, 5) is 7.37. The first kappa shape index (κ1) is 14.0. The number of aromatic nitrogens is 2. The van der Waals surface area contributed by atoms with Crippen LogP contribution in [0.1, 0.15) is 33.3 Å². The summed E-state index contributed by atoms with van der Waals surface area (Å²) in [7, 11) is 0. The van der Waals surface area contributed by atoms with Gasteiger partial charge < -0.3 is 15.6 Å². The van der Waals surface area contributed by atoms with Crippen molar-refractivity contribution in [1.82, 2.24) is 20.6 Å². The molecular weight excluding hydrogens is 236 g/mol. The first-order valence-corrected chi connectivity index (χ1v) is 6.84. The van der Waals surface area contributed by atoms with E-state index in [2.05, 4.69) is 66.5 Å². The maximum Gasteiger partial charge on any atom is 0.0931 e. The van der Waals surface area contributed by atoms with Crippen LogP contribution in [0.5, 0.6) is 0 Å². The van der Waals surface area contributed by atoms with Crippen molar-refractivity contribution in [2.24, 2.45) is 0 Å². The van der Waals surface area contributed by atoms with E-state index in [0.717, 1.165) is 24.1 Å². The van der Waals surface area contributed by atoms with Crippen molar-refractivity contribution < 1.29 is 0 Å². The Morgan fingerprint density at radius 1 is 1.32 bits per heavy atom. The van der Waals surface area contributed by atoms with Gasteiger partial charge in [0.25, 0.3) is 0 Å². The van der Waals surface area contributed by atoms with Gasteiger partial charge in [-0.1, -0.05) is 6.07 Å². The normalized spacial score (nSPS) is 13.9. The zero-order valence-corrected chi connectivity index (χ0v) is 12.2. The van der Waals surface area contributed by atoms with Crippen molar-refractivity contribution in [3.63, 3.8) is 0 Å². The van der Waals surface area contributed by atoms with E-state index in [1.165, 1.54) is 5.56 Å². The van der Waals surface area contributed by atoms with Gasteiger partial charge in [-0.25, -0.2) is 4.98 Å². The number of rotatable bonds is 5. The molecule has 0 radical (unpaired) electrons. The molecule has 0 fully saturated rings. The zero-order chi connectivity index (χ0) is 13.9. The van der Waals surface area contributed by atoms with Crippen LogP contribution in [0, 0.1) is 0 Å². The highest BCUT2D eigenvalue weighted by atomic mass is 15.0. The fourth-order valence-corrected chi connectivity index (χ4v) is 1.92. The van der Waals surface area contributed by atoms with Crippen molar-refractivity contribution >= 4 is 11.0 Å². The van der Waals surface area contributed by atoms with E-state index in [4.69, 9.17) is 0 Å². The number of nitrogens with zero attached hydrogens (tertiary/aromatic N) is 1. The molecule has 1 unspecified atom stereocenters. The van der Waals surface area contributed by atoms with Crippen LogP contribution in [0.2, 0.25) is 0 Å². The van der Waals surface area contributed by atoms with Crippen LogP contribution >= 0.6 is 0 Å². The van der Waals surface area contributed by atoms with E-state index in [1.807, 2.05) is 0 Å². The van der Waals surface area contributed by atoms with Crippen molar-refractivity contribution in [3.05, 3.63) is 30.1 Å². The number of hydrogen-bond acceptors (Lipinski definition) is 3. The second-order valence-electron chi connectivity index (χ2n) is 6.17. The summed E-state index contributed by atoms with van der Waals surface area (Å²) < 4.78 is 0. The molecule has 4 nitrogen and oxygen atoms in total. The average molecular weight is 260 g/mol. The minimum Gasteiger partial charge on any atom is -0.345 e. The molecule has 104 valence electrons. The van der Waals surface area contributed by atoms with Crippen LogP contribution in [0.15, 0.2) is 24.5 Å². The predicted molar refractivity (Wildman–Crippen MR) is 80.2 cm³/mol. The number of fused-ring (bicyclic) bond motifs is 1. The van der Waals surface area contributed by atoms with Crippen molar-refractivity contribution in [1.29, 1.82) is 0 Å². The van der Waals surface area contributed by atoms with Crippen LogP contribution in [0.4, 0.5) is 0 Å². The highest BCUT2D eigenvalue weighted by molar-refractivity contribution is 5.74. The SMILES string of the molecule is CC(CNC(C)(C)C)NCc1ccc2nc[nH]c2c1. The molecule has 2 rings (SSSR count). The lowest BCUT2D eigenvalue weighted by molar-refractivity contribution is 0.387. The van der Waals surface area contributed by atoms with Gasteiger partial charge in [0, 0.05) is 24.7 Å². The Morgan fingerprint density at radius 3 is 2.84 bits per heavy atom. The largest absolute Gasteiger partial charge is 0.345 e. The summed E-state index contributed by atoms with van der Waals surface area (Å²) in [6.45, 7) is 10.6. The van der Waals surface area contributed by atoms with Crippen LogP contribution in [0.3, 0.4) is 0 Å². The molecule has 0 amide bonds. The Kier molecular flexibility index (Phi) is 4.22. The Bertz CT molecular complexity index is 524. The number of nitrogens with one attached hydrogen (secondary N) is 3. The standard InChI is InChI=1S/C15H24N4/c1-11(8-19-15(2,3)4)16-9-12-5-6-13-14(7-12)18-10-17-13/h5-7,10-11,16,19H,8-9H2,1-4H3,(H,17,18). The molecule has 0 aliphatic carbocycles. The monoisotopic (exact) mass is 260 g/mol. The summed E-state index contributed by atoms with van der Waals surface area (Å²) in [5, 5.41) is 7.04. The van der Waals surface area contributed by atoms with E-state index in [0.29, 0.717) is 6.04 Å². The Labute approximate surface area is 115 Å².